The number of ether oxygens (including phenoxy) is 1. The first-order valence-corrected chi connectivity index (χ1v) is 5.65. The molecular weight excluding hydrogens is 224 g/mol. The molecule has 6 nitrogen and oxygen atoms in total. The summed E-state index contributed by atoms with van der Waals surface area (Å²) < 4.78 is 5.60. The van der Waals surface area contributed by atoms with Crippen molar-refractivity contribution in [3.8, 4) is 0 Å². The SMILES string of the molecule is CC(=O)NCC(=O)N1CC(CO)OC(C)(C)C1. The monoisotopic (exact) mass is 244 g/mol. The third-order valence-corrected chi connectivity index (χ3v) is 2.53. The Morgan fingerprint density at radius 1 is 1.53 bits per heavy atom. The quantitative estimate of drug-likeness (QED) is 0.676. The maximum Gasteiger partial charge on any atom is 0.242 e. The highest BCUT2D eigenvalue weighted by Crippen LogP contribution is 2.20. The number of carbonyl (C=O) groups excluding carboxylic acids is 2. The van der Waals surface area contributed by atoms with Gasteiger partial charge in [0.25, 0.3) is 0 Å². The van der Waals surface area contributed by atoms with Gasteiger partial charge in [-0.3, -0.25) is 9.59 Å². The van der Waals surface area contributed by atoms with Crippen molar-refractivity contribution in [3.63, 3.8) is 0 Å². The van der Waals surface area contributed by atoms with Gasteiger partial charge in [-0.15, -0.1) is 0 Å². The van der Waals surface area contributed by atoms with Gasteiger partial charge in [-0.05, 0) is 13.8 Å². The zero-order valence-electron chi connectivity index (χ0n) is 10.5. The molecule has 1 rings (SSSR count). The zero-order valence-corrected chi connectivity index (χ0v) is 10.5. The van der Waals surface area contributed by atoms with Gasteiger partial charge in [0.1, 0.15) is 0 Å². The fraction of sp³-hybridized carbons (Fsp3) is 0.818. The number of nitrogens with one attached hydrogen (secondary N) is 1. The molecule has 2 amide bonds. The number of hydrogen-bond acceptors (Lipinski definition) is 4. The van der Waals surface area contributed by atoms with E-state index in [1.807, 2.05) is 13.8 Å². The van der Waals surface area contributed by atoms with Crippen LogP contribution in [0.25, 0.3) is 0 Å². The van der Waals surface area contributed by atoms with E-state index in [4.69, 9.17) is 9.84 Å². The molecule has 1 aliphatic heterocycles. The summed E-state index contributed by atoms with van der Waals surface area (Å²) in [6.07, 6.45) is -0.361. The van der Waals surface area contributed by atoms with Crippen molar-refractivity contribution >= 4 is 11.8 Å². The number of carbonyl (C=O) groups is 2. The molecule has 0 saturated carbocycles. The number of amides is 2. The molecule has 6 heteroatoms. The number of aliphatic hydroxyl groups excluding tert-OH is 1. The van der Waals surface area contributed by atoms with E-state index in [1.54, 1.807) is 4.90 Å². The lowest BCUT2D eigenvalue weighted by Crippen LogP contribution is -2.57. The molecule has 1 unspecified atom stereocenters. The van der Waals surface area contributed by atoms with Gasteiger partial charge in [0.05, 0.1) is 24.9 Å². The van der Waals surface area contributed by atoms with Crippen LogP contribution in [0.4, 0.5) is 0 Å². The first kappa shape index (κ1) is 13.9. The minimum absolute atomic E-state index is 0.0104. The molecule has 0 radical (unpaired) electrons. The van der Waals surface area contributed by atoms with Gasteiger partial charge in [-0.2, -0.15) is 0 Å². The Morgan fingerprint density at radius 2 is 2.18 bits per heavy atom. The van der Waals surface area contributed by atoms with Crippen LogP contribution in [0.1, 0.15) is 20.8 Å². The smallest absolute Gasteiger partial charge is 0.242 e. The molecule has 0 aliphatic carbocycles. The summed E-state index contributed by atoms with van der Waals surface area (Å²) in [5.41, 5.74) is -0.475. The van der Waals surface area contributed by atoms with Gasteiger partial charge in [-0.1, -0.05) is 0 Å². The van der Waals surface area contributed by atoms with Crippen molar-refractivity contribution in [2.75, 3.05) is 26.2 Å². The molecule has 0 bridgehead atoms. The second-order valence-electron chi connectivity index (χ2n) is 4.87. The molecule has 0 spiro atoms. The lowest BCUT2D eigenvalue weighted by atomic mass is 10.1. The Balaban J connectivity index is 2.57. The van der Waals surface area contributed by atoms with Crippen LogP contribution in [-0.4, -0.2) is 59.8 Å². The van der Waals surface area contributed by atoms with E-state index in [-0.39, 0.29) is 31.1 Å². The van der Waals surface area contributed by atoms with E-state index < -0.39 is 5.60 Å². The lowest BCUT2D eigenvalue weighted by molar-refractivity contribution is -0.166. The van der Waals surface area contributed by atoms with E-state index in [2.05, 4.69) is 5.32 Å². The molecule has 17 heavy (non-hydrogen) atoms. The third kappa shape index (κ3) is 4.32. The summed E-state index contributed by atoms with van der Waals surface area (Å²) in [5.74, 6) is -0.389. The van der Waals surface area contributed by atoms with Crippen LogP contribution in [0, 0.1) is 0 Å². The predicted octanol–water partition coefficient (Wildman–Crippen LogP) is -0.879. The Hall–Kier alpha value is -1.14. The van der Waals surface area contributed by atoms with Gasteiger partial charge < -0.3 is 20.1 Å². The molecule has 98 valence electrons. The second-order valence-corrected chi connectivity index (χ2v) is 4.87. The topological polar surface area (TPSA) is 78.9 Å². The van der Waals surface area contributed by atoms with Crippen molar-refractivity contribution in [3.05, 3.63) is 0 Å². The summed E-state index contributed by atoms with van der Waals surface area (Å²) >= 11 is 0. The average molecular weight is 244 g/mol. The van der Waals surface area contributed by atoms with E-state index >= 15 is 0 Å². The molecule has 1 heterocycles. The van der Waals surface area contributed by atoms with Gasteiger partial charge in [0.2, 0.25) is 11.8 Å². The molecule has 1 fully saturated rings. The number of nitrogens with zero attached hydrogens (tertiary/aromatic N) is 1. The van der Waals surface area contributed by atoms with Gasteiger partial charge in [0, 0.05) is 20.0 Å². The number of hydrogen-bond donors (Lipinski definition) is 2. The third-order valence-electron chi connectivity index (χ3n) is 2.53. The highest BCUT2D eigenvalue weighted by atomic mass is 16.5. The Morgan fingerprint density at radius 3 is 2.71 bits per heavy atom. The van der Waals surface area contributed by atoms with E-state index in [1.165, 1.54) is 6.92 Å². The fourth-order valence-electron chi connectivity index (χ4n) is 1.89. The molecular formula is C11H20N2O4. The summed E-state index contributed by atoms with van der Waals surface area (Å²) in [6, 6.07) is 0. The largest absolute Gasteiger partial charge is 0.394 e. The number of rotatable bonds is 3. The van der Waals surface area contributed by atoms with E-state index in [9.17, 15) is 9.59 Å². The van der Waals surface area contributed by atoms with Crippen molar-refractivity contribution in [1.29, 1.82) is 0 Å². The Kier molecular flexibility index (Phi) is 4.47. The molecule has 1 saturated heterocycles. The summed E-state index contributed by atoms with van der Waals surface area (Å²) in [7, 11) is 0. The first-order valence-electron chi connectivity index (χ1n) is 5.65. The second kappa shape index (κ2) is 5.46. The van der Waals surface area contributed by atoms with Crippen molar-refractivity contribution in [2.24, 2.45) is 0 Å². The standard InChI is InChI=1S/C11H20N2O4/c1-8(15)12-4-10(16)13-5-9(6-14)17-11(2,3)7-13/h9,14H,4-7H2,1-3H3,(H,12,15). The van der Waals surface area contributed by atoms with Crippen LogP contribution >= 0.6 is 0 Å². The highest BCUT2D eigenvalue weighted by molar-refractivity contribution is 5.83. The van der Waals surface area contributed by atoms with Crippen LogP contribution in [0.15, 0.2) is 0 Å². The molecule has 0 aromatic rings. The van der Waals surface area contributed by atoms with Crippen LogP contribution in [0.2, 0.25) is 0 Å². The van der Waals surface area contributed by atoms with Crippen LogP contribution < -0.4 is 5.32 Å². The lowest BCUT2D eigenvalue weighted by Gasteiger charge is -2.42. The molecule has 0 aromatic heterocycles. The normalized spacial score (nSPS) is 23.3. The van der Waals surface area contributed by atoms with Crippen molar-refractivity contribution in [1.82, 2.24) is 10.2 Å². The fourth-order valence-corrected chi connectivity index (χ4v) is 1.89. The summed E-state index contributed by atoms with van der Waals surface area (Å²) in [5, 5.41) is 11.6. The minimum Gasteiger partial charge on any atom is -0.394 e. The average Bonchev–Trinajstić information content (AvgIpc) is 2.23. The molecule has 2 N–H and O–H groups in total. The van der Waals surface area contributed by atoms with Crippen molar-refractivity contribution in [2.45, 2.75) is 32.5 Å². The van der Waals surface area contributed by atoms with Crippen LogP contribution in [0.5, 0.6) is 0 Å². The summed E-state index contributed by atoms with van der Waals surface area (Å²) in [6.45, 7) is 5.80. The van der Waals surface area contributed by atoms with Crippen molar-refractivity contribution < 1.29 is 19.4 Å². The Bertz CT molecular complexity index is 304. The maximum atomic E-state index is 11.8. The number of morpholine rings is 1. The number of aliphatic hydroxyl groups is 1. The zero-order chi connectivity index (χ0) is 13.1. The van der Waals surface area contributed by atoms with E-state index in [0.29, 0.717) is 13.1 Å². The maximum absolute atomic E-state index is 11.8. The Labute approximate surface area is 101 Å². The first-order chi connectivity index (χ1) is 7.84. The predicted molar refractivity (Wildman–Crippen MR) is 61.3 cm³/mol. The molecule has 1 atom stereocenters. The van der Waals surface area contributed by atoms with E-state index in [0.717, 1.165) is 0 Å². The van der Waals surface area contributed by atoms with Crippen LogP contribution in [-0.2, 0) is 14.3 Å². The minimum atomic E-state index is -0.475. The van der Waals surface area contributed by atoms with Gasteiger partial charge in [0.15, 0.2) is 0 Å². The molecule has 1 aliphatic rings. The highest BCUT2D eigenvalue weighted by Gasteiger charge is 2.35. The van der Waals surface area contributed by atoms with Gasteiger partial charge in [-0.25, -0.2) is 0 Å². The molecule has 0 aromatic carbocycles. The van der Waals surface area contributed by atoms with Gasteiger partial charge >= 0.3 is 0 Å². The summed E-state index contributed by atoms with van der Waals surface area (Å²) in [4.78, 5) is 24.2. The van der Waals surface area contributed by atoms with Crippen LogP contribution in [0.3, 0.4) is 0 Å².